The van der Waals surface area contributed by atoms with E-state index in [1.165, 1.54) is 69.7 Å². The number of aryl methyl sites for hydroxylation is 1. The second-order valence-electron chi connectivity index (χ2n) is 6.46. The Kier molecular flexibility index (Phi) is 6.65. The summed E-state index contributed by atoms with van der Waals surface area (Å²) >= 11 is 0. The van der Waals surface area contributed by atoms with E-state index in [0.29, 0.717) is 11.4 Å². The molecule has 1 amide bonds. The summed E-state index contributed by atoms with van der Waals surface area (Å²) in [7, 11) is -0.0490. The molecule has 0 aliphatic rings. The molecule has 0 aliphatic carbocycles. The molecule has 0 aliphatic heterocycles. The monoisotopic (exact) mass is 484 g/mol. The number of aromatic nitrogens is 2. The number of carbonyl (C=O) groups excluding carboxylic acids is 1. The number of hydrogen-bond acceptors (Lipinski definition) is 6. The SMILES string of the molecule is COc1cc(NC(=O)c2ccnn2C)ccc1S(=O)(=O)Nc1cccc(OC(F)(F)P)c1. The van der Waals surface area contributed by atoms with Gasteiger partial charge in [0.05, 0.1) is 12.8 Å². The van der Waals surface area contributed by atoms with Crippen LogP contribution < -0.4 is 19.5 Å². The van der Waals surface area contributed by atoms with Gasteiger partial charge in [-0.1, -0.05) is 6.07 Å². The topological polar surface area (TPSA) is 112 Å². The lowest BCUT2D eigenvalue weighted by Gasteiger charge is -2.15. The molecule has 1 atom stereocenters. The number of ether oxygens (including phenoxy) is 2. The first kappa shape index (κ1) is 23.4. The smallest absolute Gasteiger partial charge is 0.408 e. The van der Waals surface area contributed by atoms with Gasteiger partial charge in [-0.15, -0.1) is 0 Å². The maximum absolute atomic E-state index is 13.0. The third-order valence-corrected chi connectivity index (χ3v) is 5.64. The summed E-state index contributed by atoms with van der Waals surface area (Å²) in [6.45, 7) is 0. The van der Waals surface area contributed by atoms with Crippen LogP contribution in [0.4, 0.5) is 20.2 Å². The zero-order chi connectivity index (χ0) is 23.5. The van der Waals surface area contributed by atoms with Crippen LogP contribution in [0.1, 0.15) is 10.5 Å². The first-order valence-corrected chi connectivity index (χ1v) is 11.0. The van der Waals surface area contributed by atoms with Gasteiger partial charge in [-0.05, 0) is 39.6 Å². The van der Waals surface area contributed by atoms with Gasteiger partial charge in [0.15, 0.2) is 0 Å². The lowest BCUT2D eigenvalue weighted by molar-refractivity contribution is -0.0891. The number of methoxy groups -OCH3 is 1. The fraction of sp³-hybridized carbons (Fsp3) is 0.158. The van der Waals surface area contributed by atoms with Gasteiger partial charge < -0.3 is 14.8 Å². The van der Waals surface area contributed by atoms with Gasteiger partial charge in [0, 0.05) is 31.1 Å². The van der Waals surface area contributed by atoms with Crippen molar-refractivity contribution in [3.8, 4) is 11.5 Å². The van der Waals surface area contributed by atoms with Crippen LogP contribution in [0.5, 0.6) is 11.5 Å². The van der Waals surface area contributed by atoms with Gasteiger partial charge >= 0.3 is 5.85 Å². The van der Waals surface area contributed by atoms with Gasteiger partial charge in [0.1, 0.15) is 22.1 Å². The zero-order valence-electron chi connectivity index (χ0n) is 16.9. The third kappa shape index (κ3) is 5.71. The fourth-order valence-corrected chi connectivity index (χ4v) is 4.09. The molecule has 3 aromatic rings. The van der Waals surface area contributed by atoms with Gasteiger partial charge in [-0.25, -0.2) is 8.42 Å². The summed E-state index contributed by atoms with van der Waals surface area (Å²) in [5, 5.41) is 6.55. The number of carbonyl (C=O) groups is 1. The molecule has 2 aromatic carbocycles. The molecule has 0 spiro atoms. The average molecular weight is 484 g/mol. The van der Waals surface area contributed by atoms with Crippen LogP contribution in [0, 0.1) is 0 Å². The Bertz CT molecular complexity index is 1240. The highest BCUT2D eigenvalue weighted by molar-refractivity contribution is 7.92. The van der Waals surface area contributed by atoms with Crippen LogP contribution in [0.15, 0.2) is 59.6 Å². The van der Waals surface area contributed by atoms with Crippen molar-refractivity contribution in [2.75, 3.05) is 17.1 Å². The van der Waals surface area contributed by atoms with E-state index in [1.807, 2.05) is 0 Å². The summed E-state index contributed by atoms with van der Waals surface area (Å²) in [6, 6.07) is 10.6. The Morgan fingerprint density at radius 1 is 1.16 bits per heavy atom. The number of benzene rings is 2. The first-order valence-electron chi connectivity index (χ1n) is 8.94. The number of anilines is 2. The van der Waals surface area contributed by atoms with Crippen molar-refractivity contribution >= 4 is 36.5 Å². The van der Waals surface area contributed by atoms with Crippen molar-refractivity contribution in [3.63, 3.8) is 0 Å². The largest absolute Gasteiger partial charge is 0.495 e. The lowest BCUT2D eigenvalue weighted by atomic mass is 10.3. The van der Waals surface area contributed by atoms with Gasteiger partial charge in [0.25, 0.3) is 15.9 Å². The Morgan fingerprint density at radius 2 is 1.91 bits per heavy atom. The Balaban J connectivity index is 1.83. The Labute approximate surface area is 185 Å². The van der Waals surface area contributed by atoms with Crippen molar-refractivity contribution in [2.24, 2.45) is 7.05 Å². The minimum Gasteiger partial charge on any atom is -0.495 e. The number of rotatable bonds is 8. The number of sulfonamides is 1. The van der Waals surface area contributed by atoms with Crippen LogP contribution in [0.3, 0.4) is 0 Å². The Morgan fingerprint density at radius 3 is 2.53 bits per heavy atom. The molecule has 170 valence electrons. The highest BCUT2D eigenvalue weighted by Crippen LogP contribution is 2.31. The van der Waals surface area contributed by atoms with Crippen LogP contribution in [-0.4, -0.2) is 37.1 Å². The van der Waals surface area contributed by atoms with E-state index < -0.39 is 21.8 Å². The molecule has 2 N–H and O–H groups in total. The van der Waals surface area contributed by atoms with Gasteiger partial charge in [0.2, 0.25) is 0 Å². The molecule has 1 unspecified atom stereocenters. The number of halogens is 2. The van der Waals surface area contributed by atoms with Crippen LogP contribution in [0.25, 0.3) is 0 Å². The molecule has 32 heavy (non-hydrogen) atoms. The van der Waals surface area contributed by atoms with E-state index in [1.54, 1.807) is 7.05 Å². The van der Waals surface area contributed by atoms with E-state index in [4.69, 9.17) is 4.74 Å². The summed E-state index contributed by atoms with van der Waals surface area (Å²) in [5.41, 5.74) is 0.609. The second kappa shape index (κ2) is 9.09. The van der Waals surface area contributed by atoms with Gasteiger partial charge in [-0.3, -0.25) is 14.2 Å². The van der Waals surface area contributed by atoms with E-state index >= 15 is 0 Å². The maximum Gasteiger partial charge on any atom is 0.408 e. The van der Waals surface area contributed by atoms with E-state index in [2.05, 4.69) is 19.9 Å². The van der Waals surface area contributed by atoms with Crippen LogP contribution >= 0.6 is 9.24 Å². The number of nitrogens with one attached hydrogen (secondary N) is 2. The van der Waals surface area contributed by atoms with Crippen molar-refractivity contribution in [1.29, 1.82) is 0 Å². The molecule has 1 aromatic heterocycles. The molecule has 9 nitrogen and oxygen atoms in total. The van der Waals surface area contributed by atoms with E-state index in [9.17, 15) is 22.0 Å². The molecular formula is C19H19F2N4O5PS. The minimum atomic E-state index is -4.16. The first-order chi connectivity index (χ1) is 15.0. The minimum absolute atomic E-state index is 0.00684. The third-order valence-electron chi connectivity index (χ3n) is 4.10. The van der Waals surface area contributed by atoms with Crippen LogP contribution in [-0.2, 0) is 17.1 Å². The Hall–Kier alpha value is -3.24. The molecule has 3 rings (SSSR count). The van der Waals surface area contributed by atoms with Crippen molar-refractivity contribution in [1.82, 2.24) is 9.78 Å². The zero-order valence-corrected chi connectivity index (χ0v) is 18.8. The standard InChI is InChI=1S/C19H19F2N4O5PS/c1-25-15(8-9-22-25)18(26)23-12-6-7-17(16(11-12)29-2)32(27,28)24-13-4-3-5-14(10-13)30-19(20,21)31/h3-11,24H,31H2,1-2H3,(H,23,26). The number of hydrogen-bond donors (Lipinski definition) is 2. The quantitative estimate of drug-likeness (QED) is 0.475. The lowest BCUT2D eigenvalue weighted by Crippen LogP contribution is -2.17. The molecule has 0 bridgehead atoms. The average Bonchev–Trinajstić information content (AvgIpc) is 3.12. The van der Waals surface area contributed by atoms with Crippen molar-refractivity contribution in [3.05, 3.63) is 60.4 Å². The fourth-order valence-electron chi connectivity index (χ4n) is 2.75. The highest BCUT2D eigenvalue weighted by atomic mass is 32.2. The number of nitrogens with zero attached hydrogens (tertiary/aromatic N) is 2. The normalized spacial score (nSPS) is 11.7. The summed E-state index contributed by atoms with van der Waals surface area (Å²) in [4.78, 5) is 12.1. The van der Waals surface area contributed by atoms with Crippen LogP contribution in [0.2, 0.25) is 0 Å². The van der Waals surface area contributed by atoms with E-state index in [0.717, 1.165) is 6.07 Å². The molecule has 0 saturated carbocycles. The summed E-state index contributed by atoms with van der Waals surface area (Å²) < 4.78 is 65.1. The molecule has 13 heteroatoms. The highest BCUT2D eigenvalue weighted by Gasteiger charge is 2.24. The van der Waals surface area contributed by atoms with E-state index in [-0.39, 0.29) is 22.1 Å². The second-order valence-corrected chi connectivity index (χ2v) is 8.78. The molecular weight excluding hydrogens is 465 g/mol. The molecule has 0 saturated heterocycles. The summed E-state index contributed by atoms with van der Waals surface area (Å²) in [5.74, 6) is -4.21. The molecule has 0 fully saturated rings. The van der Waals surface area contributed by atoms with Crippen molar-refractivity contribution < 1.29 is 31.5 Å². The molecule has 0 radical (unpaired) electrons. The molecule has 1 heterocycles. The van der Waals surface area contributed by atoms with Gasteiger partial charge in [-0.2, -0.15) is 13.9 Å². The predicted octanol–water partition coefficient (Wildman–Crippen LogP) is 3.29. The summed E-state index contributed by atoms with van der Waals surface area (Å²) in [6.07, 6.45) is 1.47. The predicted molar refractivity (Wildman–Crippen MR) is 117 cm³/mol. The number of alkyl halides is 2. The maximum atomic E-state index is 13.0. The number of amides is 1. The van der Waals surface area contributed by atoms with Crippen molar-refractivity contribution in [2.45, 2.75) is 10.7 Å².